The molecule has 0 aliphatic heterocycles. The van der Waals surface area contributed by atoms with E-state index in [0.29, 0.717) is 23.6 Å². The number of nitrogens with one attached hydrogen (secondary N) is 1. The van der Waals surface area contributed by atoms with Crippen molar-refractivity contribution in [2.75, 3.05) is 5.32 Å². The van der Waals surface area contributed by atoms with Crippen molar-refractivity contribution in [3.05, 3.63) is 23.8 Å². The van der Waals surface area contributed by atoms with E-state index >= 15 is 0 Å². The lowest BCUT2D eigenvalue weighted by Crippen LogP contribution is -2.36. The first-order chi connectivity index (χ1) is 9.11. The third-order valence-corrected chi connectivity index (χ3v) is 3.88. The molecule has 0 aromatic heterocycles. The quantitative estimate of drug-likeness (QED) is 0.750. The van der Waals surface area contributed by atoms with Crippen LogP contribution in [0.15, 0.2) is 23.1 Å². The SMILES string of the molecule is Cc1ccc(NC(=O)[C@H](N)CC(C)C)cc1S(N)(=O)=O. The van der Waals surface area contributed by atoms with Crippen molar-refractivity contribution in [3.63, 3.8) is 0 Å². The molecule has 1 aromatic rings. The van der Waals surface area contributed by atoms with Gasteiger partial charge in [0, 0.05) is 5.69 Å². The normalized spacial score (nSPS) is 13.3. The Morgan fingerprint density at radius 2 is 1.95 bits per heavy atom. The molecule has 1 rings (SSSR count). The molecule has 0 heterocycles. The maximum absolute atomic E-state index is 11.9. The van der Waals surface area contributed by atoms with E-state index in [2.05, 4.69) is 5.32 Å². The van der Waals surface area contributed by atoms with Gasteiger partial charge in [-0.25, -0.2) is 13.6 Å². The second-order valence-corrected chi connectivity index (χ2v) is 6.78. The molecule has 1 amide bonds. The van der Waals surface area contributed by atoms with E-state index in [1.165, 1.54) is 6.07 Å². The molecule has 0 fully saturated rings. The number of amides is 1. The van der Waals surface area contributed by atoms with Crippen LogP contribution < -0.4 is 16.2 Å². The minimum absolute atomic E-state index is 0.00673. The monoisotopic (exact) mass is 299 g/mol. The van der Waals surface area contributed by atoms with E-state index in [-0.39, 0.29) is 10.8 Å². The molecule has 0 bridgehead atoms. The molecule has 0 aliphatic carbocycles. The van der Waals surface area contributed by atoms with E-state index in [9.17, 15) is 13.2 Å². The minimum atomic E-state index is -3.81. The first-order valence-electron chi connectivity index (χ1n) is 6.31. The molecule has 0 saturated heterocycles. The van der Waals surface area contributed by atoms with Crippen molar-refractivity contribution in [1.29, 1.82) is 0 Å². The summed E-state index contributed by atoms with van der Waals surface area (Å²) in [6, 6.07) is 3.91. The van der Waals surface area contributed by atoms with E-state index in [1.54, 1.807) is 19.1 Å². The summed E-state index contributed by atoms with van der Waals surface area (Å²) >= 11 is 0. The Morgan fingerprint density at radius 1 is 1.35 bits per heavy atom. The zero-order chi connectivity index (χ0) is 15.5. The molecule has 112 valence electrons. The standard InChI is InChI=1S/C13H21N3O3S/c1-8(2)6-11(14)13(17)16-10-5-4-9(3)12(7-10)20(15,18)19/h4-5,7-8,11H,6,14H2,1-3H3,(H,16,17)(H2,15,18,19)/t11-/m1/s1. The summed E-state index contributed by atoms with van der Waals surface area (Å²) in [5, 5.41) is 7.72. The predicted molar refractivity (Wildman–Crippen MR) is 78.6 cm³/mol. The van der Waals surface area contributed by atoms with Gasteiger partial charge in [-0.15, -0.1) is 0 Å². The number of carbonyl (C=O) groups is 1. The van der Waals surface area contributed by atoms with E-state index in [1.807, 2.05) is 13.8 Å². The van der Waals surface area contributed by atoms with E-state index < -0.39 is 16.1 Å². The molecule has 1 atom stereocenters. The van der Waals surface area contributed by atoms with Crippen molar-refractivity contribution in [2.45, 2.75) is 38.1 Å². The summed E-state index contributed by atoms with van der Waals surface area (Å²) in [5.74, 6) is -0.0447. The summed E-state index contributed by atoms with van der Waals surface area (Å²) < 4.78 is 22.8. The lowest BCUT2D eigenvalue weighted by atomic mass is 10.0. The fraction of sp³-hybridized carbons (Fsp3) is 0.462. The molecule has 0 spiro atoms. The van der Waals surface area contributed by atoms with Crippen LogP contribution in [-0.4, -0.2) is 20.4 Å². The first kappa shape index (κ1) is 16.6. The fourth-order valence-corrected chi connectivity index (χ4v) is 2.64. The molecular formula is C13H21N3O3S. The second kappa shape index (κ2) is 6.34. The van der Waals surface area contributed by atoms with Gasteiger partial charge in [-0.05, 0) is 37.0 Å². The van der Waals surface area contributed by atoms with Crippen LogP contribution in [0, 0.1) is 12.8 Å². The minimum Gasteiger partial charge on any atom is -0.325 e. The third kappa shape index (κ3) is 4.59. The largest absolute Gasteiger partial charge is 0.325 e. The maximum Gasteiger partial charge on any atom is 0.241 e. The number of sulfonamides is 1. The topological polar surface area (TPSA) is 115 Å². The Kier molecular flexibility index (Phi) is 5.27. The highest BCUT2D eigenvalue weighted by atomic mass is 32.2. The van der Waals surface area contributed by atoms with Crippen molar-refractivity contribution < 1.29 is 13.2 Å². The summed E-state index contributed by atoms with van der Waals surface area (Å²) in [5.41, 5.74) is 6.65. The van der Waals surface area contributed by atoms with Gasteiger partial charge in [0.15, 0.2) is 0 Å². The number of aryl methyl sites for hydroxylation is 1. The molecule has 0 radical (unpaired) electrons. The van der Waals surface area contributed by atoms with Crippen LogP contribution in [0.4, 0.5) is 5.69 Å². The molecule has 7 heteroatoms. The summed E-state index contributed by atoms with van der Waals surface area (Å²) in [7, 11) is -3.81. The number of nitrogens with two attached hydrogens (primary N) is 2. The third-order valence-electron chi connectivity index (χ3n) is 2.82. The summed E-state index contributed by atoms with van der Waals surface area (Å²) in [6.45, 7) is 5.58. The highest BCUT2D eigenvalue weighted by Gasteiger charge is 2.17. The molecule has 20 heavy (non-hydrogen) atoms. The van der Waals surface area contributed by atoms with Gasteiger partial charge in [-0.1, -0.05) is 19.9 Å². The van der Waals surface area contributed by atoms with Crippen LogP contribution in [0.25, 0.3) is 0 Å². The highest BCUT2D eigenvalue weighted by molar-refractivity contribution is 7.89. The molecule has 0 saturated carbocycles. The highest BCUT2D eigenvalue weighted by Crippen LogP contribution is 2.19. The van der Waals surface area contributed by atoms with Crippen LogP contribution in [0.3, 0.4) is 0 Å². The van der Waals surface area contributed by atoms with Gasteiger partial charge < -0.3 is 11.1 Å². The van der Waals surface area contributed by atoms with Crippen molar-refractivity contribution in [1.82, 2.24) is 0 Å². The van der Waals surface area contributed by atoms with Gasteiger partial charge in [-0.2, -0.15) is 0 Å². The number of primary sulfonamides is 1. The van der Waals surface area contributed by atoms with Crippen LogP contribution in [0.5, 0.6) is 0 Å². The zero-order valence-corrected chi connectivity index (χ0v) is 12.7. The van der Waals surface area contributed by atoms with Crippen LogP contribution >= 0.6 is 0 Å². The van der Waals surface area contributed by atoms with Crippen LogP contribution in [0.2, 0.25) is 0 Å². The molecular weight excluding hydrogens is 278 g/mol. The summed E-state index contributed by atoms with van der Waals surface area (Å²) in [6.07, 6.45) is 0.555. The lowest BCUT2D eigenvalue weighted by molar-refractivity contribution is -0.117. The van der Waals surface area contributed by atoms with Gasteiger partial charge in [0.25, 0.3) is 0 Å². The number of rotatable bonds is 5. The Hall–Kier alpha value is -1.44. The van der Waals surface area contributed by atoms with Crippen LogP contribution in [0.1, 0.15) is 25.8 Å². The molecule has 1 aromatic carbocycles. The smallest absolute Gasteiger partial charge is 0.241 e. The Morgan fingerprint density at radius 3 is 2.45 bits per heavy atom. The number of hydrogen-bond acceptors (Lipinski definition) is 4. The van der Waals surface area contributed by atoms with Gasteiger partial charge in [0.1, 0.15) is 0 Å². The maximum atomic E-state index is 11.9. The molecule has 0 unspecified atom stereocenters. The number of hydrogen-bond donors (Lipinski definition) is 3. The Bertz CT molecular complexity index is 597. The van der Waals surface area contributed by atoms with Gasteiger partial charge >= 0.3 is 0 Å². The number of carbonyl (C=O) groups excluding carboxylic acids is 1. The van der Waals surface area contributed by atoms with Crippen molar-refractivity contribution >= 4 is 21.6 Å². The van der Waals surface area contributed by atoms with Crippen molar-refractivity contribution in [2.24, 2.45) is 16.8 Å². The van der Waals surface area contributed by atoms with Gasteiger partial charge in [-0.3, -0.25) is 4.79 Å². The van der Waals surface area contributed by atoms with Crippen LogP contribution in [-0.2, 0) is 14.8 Å². The number of benzene rings is 1. The van der Waals surface area contributed by atoms with Gasteiger partial charge in [0.2, 0.25) is 15.9 Å². The average Bonchev–Trinajstić information content (AvgIpc) is 2.29. The predicted octanol–water partition coefficient (Wildman–Crippen LogP) is 0.954. The Balaban J connectivity index is 2.92. The summed E-state index contributed by atoms with van der Waals surface area (Å²) in [4.78, 5) is 11.9. The number of anilines is 1. The first-order valence-corrected chi connectivity index (χ1v) is 7.85. The van der Waals surface area contributed by atoms with E-state index in [0.717, 1.165) is 0 Å². The molecule has 6 nitrogen and oxygen atoms in total. The van der Waals surface area contributed by atoms with Crippen molar-refractivity contribution in [3.8, 4) is 0 Å². The zero-order valence-electron chi connectivity index (χ0n) is 11.9. The van der Waals surface area contributed by atoms with E-state index in [4.69, 9.17) is 10.9 Å². The van der Waals surface area contributed by atoms with Gasteiger partial charge in [0.05, 0.1) is 10.9 Å². The molecule has 0 aliphatic rings. The lowest BCUT2D eigenvalue weighted by Gasteiger charge is -2.15. The average molecular weight is 299 g/mol. The Labute approximate surface area is 119 Å². The fourth-order valence-electron chi connectivity index (χ4n) is 1.83. The molecule has 5 N–H and O–H groups in total. The second-order valence-electron chi connectivity index (χ2n) is 5.25.